The van der Waals surface area contributed by atoms with Gasteiger partial charge in [-0.25, -0.2) is 8.78 Å². The molecular formula is C12H15F2NO3. The zero-order valence-corrected chi connectivity index (χ0v) is 10.2. The van der Waals surface area contributed by atoms with Crippen LogP contribution in [0.3, 0.4) is 0 Å². The predicted molar refractivity (Wildman–Crippen MR) is 61.7 cm³/mol. The molecule has 0 aliphatic carbocycles. The third-order valence-corrected chi connectivity index (χ3v) is 2.63. The van der Waals surface area contributed by atoms with Crippen molar-refractivity contribution in [1.29, 1.82) is 0 Å². The van der Waals surface area contributed by atoms with Gasteiger partial charge in [-0.05, 0) is 37.6 Å². The van der Waals surface area contributed by atoms with Crippen LogP contribution in [0.15, 0.2) is 12.1 Å². The summed E-state index contributed by atoms with van der Waals surface area (Å²) in [5, 5.41) is 11.4. The Bertz CT molecular complexity index is 414. The maximum Gasteiger partial charge on any atom is 0.320 e. The van der Waals surface area contributed by atoms with Crippen molar-refractivity contribution in [2.45, 2.75) is 18.9 Å². The first kappa shape index (κ1) is 14.4. The lowest BCUT2D eigenvalue weighted by Crippen LogP contribution is -2.34. The highest BCUT2D eigenvalue weighted by molar-refractivity contribution is 5.73. The standard InChI is InChI=1S/C12H15F2NO3/c1-15-10(12(16)17)4-3-7-5-8(13)11(18-2)9(14)6-7/h5-6,10,15H,3-4H2,1-2H3,(H,16,17). The minimum atomic E-state index is -0.994. The summed E-state index contributed by atoms with van der Waals surface area (Å²) in [6.45, 7) is 0. The summed E-state index contributed by atoms with van der Waals surface area (Å²) in [7, 11) is 2.70. The van der Waals surface area contributed by atoms with Gasteiger partial charge < -0.3 is 15.2 Å². The molecule has 2 N–H and O–H groups in total. The number of nitrogens with one attached hydrogen (secondary N) is 1. The molecule has 0 radical (unpaired) electrons. The monoisotopic (exact) mass is 259 g/mol. The number of hydrogen-bond acceptors (Lipinski definition) is 3. The van der Waals surface area contributed by atoms with Gasteiger partial charge in [-0.3, -0.25) is 4.79 Å². The molecule has 0 aliphatic rings. The van der Waals surface area contributed by atoms with E-state index < -0.39 is 29.4 Å². The van der Waals surface area contributed by atoms with Crippen molar-refractivity contribution in [3.05, 3.63) is 29.3 Å². The van der Waals surface area contributed by atoms with Crippen LogP contribution < -0.4 is 10.1 Å². The van der Waals surface area contributed by atoms with Crippen LogP contribution in [0, 0.1) is 11.6 Å². The Morgan fingerprint density at radius 1 is 1.44 bits per heavy atom. The predicted octanol–water partition coefficient (Wildman–Crippen LogP) is 1.58. The van der Waals surface area contributed by atoms with Crippen LogP contribution >= 0.6 is 0 Å². The number of benzene rings is 1. The van der Waals surface area contributed by atoms with Crippen LogP contribution in [0.2, 0.25) is 0 Å². The van der Waals surface area contributed by atoms with Crippen LogP contribution in [0.1, 0.15) is 12.0 Å². The van der Waals surface area contributed by atoms with E-state index in [1.807, 2.05) is 0 Å². The summed E-state index contributed by atoms with van der Waals surface area (Å²) in [5.41, 5.74) is 0.396. The van der Waals surface area contributed by atoms with E-state index in [1.54, 1.807) is 0 Å². The van der Waals surface area contributed by atoms with Gasteiger partial charge in [-0.15, -0.1) is 0 Å². The summed E-state index contributed by atoms with van der Waals surface area (Å²) < 4.78 is 31.3. The number of methoxy groups -OCH3 is 1. The van der Waals surface area contributed by atoms with Gasteiger partial charge in [-0.1, -0.05) is 0 Å². The molecule has 100 valence electrons. The highest BCUT2D eigenvalue weighted by atomic mass is 19.1. The fourth-order valence-corrected chi connectivity index (χ4v) is 1.65. The molecule has 0 spiro atoms. The van der Waals surface area contributed by atoms with Crippen molar-refractivity contribution in [3.63, 3.8) is 0 Å². The van der Waals surface area contributed by atoms with E-state index in [9.17, 15) is 13.6 Å². The fourth-order valence-electron chi connectivity index (χ4n) is 1.65. The Labute approximate surface area is 104 Å². The lowest BCUT2D eigenvalue weighted by Gasteiger charge is -2.11. The van der Waals surface area contributed by atoms with Gasteiger partial charge in [-0.2, -0.15) is 0 Å². The van der Waals surface area contributed by atoms with Crippen LogP contribution in [0.5, 0.6) is 5.75 Å². The van der Waals surface area contributed by atoms with E-state index in [0.29, 0.717) is 5.56 Å². The molecule has 4 nitrogen and oxygen atoms in total. The average Bonchev–Trinajstić information content (AvgIpc) is 2.29. The molecule has 0 amide bonds. The van der Waals surface area contributed by atoms with E-state index in [0.717, 1.165) is 12.1 Å². The van der Waals surface area contributed by atoms with E-state index in [2.05, 4.69) is 10.1 Å². The number of carboxylic acids is 1. The quantitative estimate of drug-likeness (QED) is 0.814. The van der Waals surface area contributed by atoms with Gasteiger partial charge in [0, 0.05) is 0 Å². The largest absolute Gasteiger partial charge is 0.491 e. The molecule has 0 heterocycles. The number of likely N-dealkylation sites (N-methyl/N-ethyl adjacent to an activating group) is 1. The van der Waals surface area contributed by atoms with Gasteiger partial charge in [0.1, 0.15) is 6.04 Å². The zero-order chi connectivity index (χ0) is 13.7. The second-order valence-electron chi connectivity index (χ2n) is 3.81. The highest BCUT2D eigenvalue weighted by Crippen LogP contribution is 2.23. The van der Waals surface area contributed by atoms with Gasteiger partial charge in [0.2, 0.25) is 0 Å². The maximum atomic E-state index is 13.4. The first-order valence-corrected chi connectivity index (χ1v) is 5.41. The summed E-state index contributed by atoms with van der Waals surface area (Å²) in [5.74, 6) is -3.00. The molecule has 0 aliphatic heterocycles. The van der Waals surface area contributed by atoms with E-state index >= 15 is 0 Å². The first-order valence-electron chi connectivity index (χ1n) is 5.41. The second kappa shape index (κ2) is 6.30. The zero-order valence-electron chi connectivity index (χ0n) is 10.2. The van der Waals surface area contributed by atoms with Gasteiger partial charge >= 0.3 is 5.97 Å². The Hall–Kier alpha value is -1.69. The van der Waals surface area contributed by atoms with Crippen molar-refractivity contribution in [2.75, 3.05) is 14.2 Å². The molecule has 1 atom stereocenters. The van der Waals surface area contributed by atoms with Gasteiger partial charge in [0.15, 0.2) is 17.4 Å². The van der Waals surface area contributed by atoms with Crippen LogP contribution in [0.25, 0.3) is 0 Å². The Morgan fingerprint density at radius 3 is 2.39 bits per heavy atom. The van der Waals surface area contributed by atoms with Crippen molar-refractivity contribution in [1.82, 2.24) is 5.32 Å². The van der Waals surface area contributed by atoms with Crippen LogP contribution in [-0.4, -0.2) is 31.3 Å². The number of rotatable bonds is 6. The third kappa shape index (κ3) is 3.40. The molecule has 6 heteroatoms. The molecule has 18 heavy (non-hydrogen) atoms. The minimum Gasteiger partial charge on any atom is -0.491 e. The molecule has 0 fully saturated rings. The Balaban J connectivity index is 2.77. The lowest BCUT2D eigenvalue weighted by molar-refractivity contribution is -0.139. The summed E-state index contributed by atoms with van der Waals surface area (Å²) in [6, 6.07) is 1.56. The topological polar surface area (TPSA) is 58.6 Å². The Morgan fingerprint density at radius 2 is 2.00 bits per heavy atom. The Kier molecular flexibility index (Phi) is 5.03. The van der Waals surface area contributed by atoms with Gasteiger partial charge in [0.25, 0.3) is 0 Å². The second-order valence-corrected chi connectivity index (χ2v) is 3.81. The number of aliphatic carboxylic acids is 1. The van der Waals surface area contributed by atoms with Gasteiger partial charge in [0.05, 0.1) is 7.11 Å². The van der Waals surface area contributed by atoms with E-state index in [4.69, 9.17) is 5.11 Å². The smallest absolute Gasteiger partial charge is 0.320 e. The molecule has 0 saturated carbocycles. The molecular weight excluding hydrogens is 244 g/mol. The molecule has 1 aromatic carbocycles. The number of hydrogen-bond donors (Lipinski definition) is 2. The minimum absolute atomic E-state index is 0.247. The number of carbonyl (C=O) groups is 1. The molecule has 0 aromatic heterocycles. The SMILES string of the molecule is CNC(CCc1cc(F)c(OC)c(F)c1)C(=O)O. The fraction of sp³-hybridized carbons (Fsp3) is 0.417. The van der Waals surface area contributed by atoms with Crippen molar-refractivity contribution in [2.24, 2.45) is 0 Å². The summed E-state index contributed by atoms with van der Waals surface area (Å²) in [4.78, 5) is 10.8. The number of ether oxygens (including phenoxy) is 1. The number of carboxylic acid groups (broad SMARTS) is 1. The van der Waals surface area contributed by atoms with Crippen molar-refractivity contribution < 1.29 is 23.4 Å². The maximum absolute atomic E-state index is 13.4. The summed E-state index contributed by atoms with van der Waals surface area (Å²) in [6.07, 6.45) is 0.507. The van der Waals surface area contributed by atoms with Crippen molar-refractivity contribution >= 4 is 5.97 Å². The van der Waals surface area contributed by atoms with E-state index in [-0.39, 0.29) is 12.8 Å². The highest BCUT2D eigenvalue weighted by Gasteiger charge is 2.16. The number of halogens is 2. The van der Waals surface area contributed by atoms with Crippen LogP contribution in [-0.2, 0) is 11.2 Å². The normalized spacial score (nSPS) is 12.2. The molecule has 1 aromatic rings. The van der Waals surface area contributed by atoms with Crippen LogP contribution in [0.4, 0.5) is 8.78 Å². The molecule has 1 rings (SSSR count). The average molecular weight is 259 g/mol. The third-order valence-electron chi connectivity index (χ3n) is 2.63. The number of aryl methyl sites for hydroxylation is 1. The van der Waals surface area contributed by atoms with Crippen molar-refractivity contribution in [3.8, 4) is 5.75 Å². The molecule has 0 bridgehead atoms. The molecule has 0 saturated heterocycles. The molecule has 1 unspecified atom stereocenters. The first-order chi connectivity index (χ1) is 8.49. The van der Waals surface area contributed by atoms with E-state index in [1.165, 1.54) is 14.2 Å². The lowest BCUT2D eigenvalue weighted by atomic mass is 10.0. The summed E-state index contributed by atoms with van der Waals surface area (Å²) >= 11 is 0.